The number of amides is 2. The predicted octanol–water partition coefficient (Wildman–Crippen LogP) is 1.44. The molecule has 0 radical (unpaired) electrons. The molecule has 1 unspecified atom stereocenters. The van der Waals surface area contributed by atoms with Crippen LogP contribution in [-0.4, -0.2) is 47.4 Å². The average Bonchev–Trinajstić information content (AvgIpc) is 2.67. The van der Waals surface area contributed by atoms with Crippen LogP contribution >= 0.6 is 0 Å². The number of carbonyl (C=O) groups is 2. The summed E-state index contributed by atoms with van der Waals surface area (Å²) in [6, 6.07) is 11.6. The Morgan fingerprint density at radius 1 is 1.30 bits per heavy atom. The second-order valence-corrected chi connectivity index (χ2v) is 6.87. The minimum Gasteiger partial charge on any atom is -0.356 e. The molecule has 27 heavy (non-hydrogen) atoms. The fraction of sp³-hybridized carbons (Fsp3) is 0.381. The Kier molecular flexibility index (Phi) is 6.54. The summed E-state index contributed by atoms with van der Waals surface area (Å²) in [7, 11) is 0. The first-order valence-electron chi connectivity index (χ1n) is 9.35. The van der Waals surface area contributed by atoms with E-state index in [9.17, 15) is 9.59 Å². The zero-order valence-corrected chi connectivity index (χ0v) is 15.6. The topological polar surface area (TPSA) is 74.3 Å². The van der Waals surface area contributed by atoms with Crippen LogP contribution < -0.4 is 10.6 Å². The third-order valence-corrected chi connectivity index (χ3v) is 4.91. The van der Waals surface area contributed by atoms with Crippen LogP contribution in [0.25, 0.3) is 0 Å². The molecule has 2 heterocycles. The van der Waals surface area contributed by atoms with Crippen molar-refractivity contribution in [3.05, 3.63) is 65.5 Å². The van der Waals surface area contributed by atoms with Gasteiger partial charge in [-0.2, -0.15) is 0 Å². The normalized spacial score (nSPS) is 17.4. The second kappa shape index (κ2) is 9.28. The van der Waals surface area contributed by atoms with Crippen molar-refractivity contribution in [2.75, 3.05) is 19.6 Å². The third kappa shape index (κ3) is 5.37. The lowest BCUT2D eigenvalue weighted by molar-refractivity contribution is -0.134. The fourth-order valence-corrected chi connectivity index (χ4v) is 3.32. The smallest absolute Gasteiger partial charge is 0.237 e. The van der Waals surface area contributed by atoms with E-state index in [0.717, 1.165) is 18.5 Å². The van der Waals surface area contributed by atoms with Gasteiger partial charge in [-0.1, -0.05) is 30.3 Å². The van der Waals surface area contributed by atoms with Crippen molar-refractivity contribution in [3.8, 4) is 0 Å². The Morgan fingerprint density at radius 2 is 2.15 bits per heavy atom. The molecule has 6 heteroatoms. The van der Waals surface area contributed by atoms with Crippen LogP contribution in [0, 0.1) is 6.92 Å². The molecule has 6 nitrogen and oxygen atoms in total. The minimum absolute atomic E-state index is 0.0720. The number of pyridine rings is 1. The summed E-state index contributed by atoms with van der Waals surface area (Å²) in [5.41, 5.74) is 3.46. The second-order valence-electron chi connectivity index (χ2n) is 6.87. The van der Waals surface area contributed by atoms with Gasteiger partial charge >= 0.3 is 0 Å². The van der Waals surface area contributed by atoms with Gasteiger partial charge in [0.2, 0.25) is 11.8 Å². The summed E-state index contributed by atoms with van der Waals surface area (Å²) in [6.45, 7) is 4.64. The number of aromatic nitrogens is 1. The van der Waals surface area contributed by atoms with Crippen molar-refractivity contribution >= 4 is 11.8 Å². The van der Waals surface area contributed by atoms with Gasteiger partial charge in [0.15, 0.2) is 0 Å². The number of hydrogen-bond donors (Lipinski definition) is 2. The summed E-state index contributed by atoms with van der Waals surface area (Å²) in [6.07, 6.45) is 4.42. The van der Waals surface area contributed by atoms with Gasteiger partial charge in [-0.25, -0.2) is 0 Å². The van der Waals surface area contributed by atoms with Gasteiger partial charge in [0, 0.05) is 38.6 Å². The highest BCUT2D eigenvalue weighted by atomic mass is 16.2. The van der Waals surface area contributed by atoms with E-state index < -0.39 is 6.04 Å². The molecule has 2 amide bonds. The highest BCUT2D eigenvalue weighted by Crippen LogP contribution is 2.16. The molecule has 1 fully saturated rings. The van der Waals surface area contributed by atoms with Crippen LogP contribution in [0.5, 0.6) is 0 Å². The number of aryl methyl sites for hydroxylation is 1. The highest BCUT2D eigenvalue weighted by molar-refractivity contribution is 5.88. The van der Waals surface area contributed by atoms with Gasteiger partial charge in [0.1, 0.15) is 0 Å². The number of nitrogens with one attached hydrogen (secondary N) is 2. The molecule has 0 bridgehead atoms. The third-order valence-electron chi connectivity index (χ3n) is 4.91. The van der Waals surface area contributed by atoms with E-state index in [1.54, 1.807) is 12.4 Å². The number of rotatable bonds is 7. The monoisotopic (exact) mass is 366 g/mol. The maximum absolute atomic E-state index is 12.4. The van der Waals surface area contributed by atoms with Crippen LogP contribution in [0.4, 0.5) is 0 Å². The summed E-state index contributed by atoms with van der Waals surface area (Å²) in [4.78, 5) is 30.9. The first kappa shape index (κ1) is 19.0. The van der Waals surface area contributed by atoms with Crippen molar-refractivity contribution in [3.63, 3.8) is 0 Å². The van der Waals surface area contributed by atoms with E-state index in [4.69, 9.17) is 0 Å². The van der Waals surface area contributed by atoms with Gasteiger partial charge < -0.3 is 10.6 Å². The largest absolute Gasteiger partial charge is 0.356 e. The molecular weight excluding hydrogens is 340 g/mol. The Morgan fingerprint density at radius 3 is 2.93 bits per heavy atom. The predicted molar refractivity (Wildman–Crippen MR) is 104 cm³/mol. The number of piperazine rings is 1. The van der Waals surface area contributed by atoms with Crippen LogP contribution in [0.3, 0.4) is 0 Å². The highest BCUT2D eigenvalue weighted by Gasteiger charge is 2.31. The van der Waals surface area contributed by atoms with Gasteiger partial charge in [0.25, 0.3) is 0 Å². The van der Waals surface area contributed by atoms with Crippen molar-refractivity contribution in [2.24, 2.45) is 0 Å². The van der Waals surface area contributed by atoms with E-state index in [1.165, 1.54) is 11.1 Å². The molecule has 1 saturated heterocycles. The molecule has 0 saturated carbocycles. The van der Waals surface area contributed by atoms with Crippen molar-refractivity contribution < 1.29 is 9.59 Å². The molecule has 3 rings (SSSR count). The van der Waals surface area contributed by atoms with Gasteiger partial charge in [-0.05, 0) is 36.1 Å². The molecule has 2 aromatic rings. The summed E-state index contributed by atoms with van der Waals surface area (Å²) in [5, 5.41) is 5.80. The Bertz CT molecular complexity index is 779. The molecule has 1 aliphatic rings. The van der Waals surface area contributed by atoms with Crippen LogP contribution in [-0.2, 0) is 22.6 Å². The van der Waals surface area contributed by atoms with E-state index in [0.29, 0.717) is 19.6 Å². The number of benzene rings is 1. The van der Waals surface area contributed by atoms with Crippen LogP contribution in [0.15, 0.2) is 48.8 Å². The number of hydrogen-bond acceptors (Lipinski definition) is 4. The average molecular weight is 366 g/mol. The zero-order valence-electron chi connectivity index (χ0n) is 15.6. The first-order chi connectivity index (χ1) is 13.1. The van der Waals surface area contributed by atoms with Gasteiger partial charge in [-0.15, -0.1) is 0 Å². The molecular formula is C21H26N4O2. The van der Waals surface area contributed by atoms with Crippen LogP contribution in [0.2, 0.25) is 0 Å². The van der Waals surface area contributed by atoms with Crippen molar-refractivity contribution in [1.82, 2.24) is 20.5 Å². The van der Waals surface area contributed by atoms with Crippen molar-refractivity contribution in [2.45, 2.75) is 32.4 Å². The summed E-state index contributed by atoms with van der Waals surface area (Å²) < 4.78 is 0. The summed E-state index contributed by atoms with van der Waals surface area (Å²) >= 11 is 0. The maximum atomic E-state index is 12.4. The Balaban J connectivity index is 1.55. The molecule has 142 valence electrons. The lowest BCUT2D eigenvalue weighted by Gasteiger charge is -2.35. The molecule has 2 N–H and O–H groups in total. The van der Waals surface area contributed by atoms with E-state index >= 15 is 0 Å². The fourth-order valence-electron chi connectivity index (χ4n) is 3.32. The van der Waals surface area contributed by atoms with Gasteiger partial charge in [0.05, 0.1) is 12.5 Å². The molecule has 0 aliphatic carbocycles. The minimum atomic E-state index is -0.434. The molecule has 1 aromatic heterocycles. The first-order valence-corrected chi connectivity index (χ1v) is 9.35. The lowest BCUT2D eigenvalue weighted by Crippen LogP contribution is -2.56. The summed E-state index contributed by atoms with van der Waals surface area (Å²) in [5.74, 6) is -0.173. The SMILES string of the molecule is Cc1ccccc1CN1CCNC(=O)C1CC(=O)NCCc1cccnc1. The quantitative estimate of drug-likeness (QED) is 0.778. The van der Waals surface area contributed by atoms with E-state index in [-0.39, 0.29) is 18.2 Å². The zero-order chi connectivity index (χ0) is 19.1. The number of nitrogens with zero attached hydrogens (tertiary/aromatic N) is 2. The Labute approximate surface area is 160 Å². The van der Waals surface area contributed by atoms with Crippen molar-refractivity contribution in [1.29, 1.82) is 0 Å². The molecule has 1 aromatic carbocycles. The van der Waals surface area contributed by atoms with E-state index in [1.807, 2.05) is 24.3 Å². The van der Waals surface area contributed by atoms with Gasteiger partial charge in [-0.3, -0.25) is 19.5 Å². The van der Waals surface area contributed by atoms with Crippen LogP contribution in [0.1, 0.15) is 23.1 Å². The maximum Gasteiger partial charge on any atom is 0.237 e. The number of carbonyl (C=O) groups excluding carboxylic acids is 2. The molecule has 1 atom stereocenters. The Hall–Kier alpha value is -2.73. The standard InChI is InChI=1S/C21H26N4O2/c1-16-5-2-3-7-18(16)15-25-12-11-24-21(27)19(25)13-20(26)23-10-8-17-6-4-9-22-14-17/h2-7,9,14,19H,8,10-13,15H2,1H3,(H,23,26)(H,24,27). The lowest BCUT2D eigenvalue weighted by atomic mass is 10.0. The molecule has 0 spiro atoms. The van der Waals surface area contributed by atoms with E-state index in [2.05, 4.69) is 39.6 Å². The molecule has 1 aliphatic heterocycles.